The quantitative estimate of drug-likeness (QED) is 0.241. The highest BCUT2D eigenvalue weighted by Crippen LogP contribution is 2.13. The molecule has 0 aliphatic heterocycles. The van der Waals surface area contributed by atoms with Gasteiger partial charge in [-0.05, 0) is 30.2 Å². The molecule has 0 saturated carbocycles. The van der Waals surface area contributed by atoms with Crippen LogP contribution < -0.4 is 10.6 Å². The molecule has 6 nitrogen and oxygen atoms in total. The van der Waals surface area contributed by atoms with Crippen molar-refractivity contribution in [1.29, 1.82) is 0 Å². The summed E-state index contributed by atoms with van der Waals surface area (Å²) in [4.78, 5) is 10.1. The summed E-state index contributed by atoms with van der Waals surface area (Å²) in [5, 5.41) is 12.8. The normalized spacial score (nSPS) is 12.7. The number of nitrogens with one attached hydrogen (secondary N) is 2. The molecule has 2 rings (SSSR count). The van der Waals surface area contributed by atoms with E-state index in [4.69, 9.17) is 4.52 Å². The van der Waals surface area contributed by atoms with E-state index in [0.717, 1.165) is 44.1 Å². The summed E-state index contributed by atoms with van der Waals surface area (Å²) in [7, 11) is 1.80. The van der Waals surface area contributed by atoms with Crippen molar-refractivity contribution in [2.75, 3.05) is 20.1 Å². The number of aliphatic imine (C=N–C) groups is 1. The van der Waals surface area contributed by atoms with Gasteiger partial charge in [0, 0.05) is 37.4 Å². The van der Waals surface area contributed by atoms with Gasteiger partial charge in [0.2, 0.25) is 5.89 Å². The van der Waals surface area contributed by atoms with Gasteiger partial charge in [-0.15, -0.1) is 35.3 Å². The highest BCUT2D eigenvalue weighted by atomic mass is 127. The Morgan fingerprint density at radius 3 is 2.73 bits per heavy atom. The topological polar surface area (TPSA) is 75.3 Å². The van der Waals surface area contributed by atoms with Gasteiger partial charge in [-0.3, -0.25) is 4.99 Å². The Bertz CT molecular complexity index is 642. The van der Waals surface area contributed by atoms with Crippen LogP contribution in [-0.4, -0.2) is 36.2 Å². The number of aryl methyl sites for hydroxylation is 1. The highest BCUT2D eigenvalue weighted by Gasteiger charge is 2.09. The van der Waals surface area contributed by atoms with Crippen molar-refractivity contribution in [3.8, 4) is 0 Å². The Kier molecular flexibility index (Phi) is 10.8. The summed E-state index contributed by atoms with van der Waals surface area (Å²) in [5.74, 6) is 3.18. The van der Waals surface area contributed by atoms with E-state index in [2.05, 4.69) is 64.1 Å². The van der Waals surface area contributed by atoms with E-state index >= 15 is 0 Å². The molecule has 0 aliphatic carbocycles. The SMILES string of the molecule is CN=C(NCCCc1nc(C(C)C)no1)NCC(C)Cc1cccs1.I. The van der Waals surface area contributed by atoms with E-state index in [-0.39, 0.29) is 24.0 Å². The van der Waals surface area contributed by atoms with E-state index in [1.807, 2.05) is 11.3 Å². The fraction of sp³-hybridized carbons (Fsp3) is 0.611. The molecule has 0 aliphatic rings. The first-order valence-corrected chi connectivity index (χ1v) is 9.75. The van der Waals surface area contributed by atoms with Crippen LogP contribution in [0.5, 0.6) is 0 Å². The van der Waals surface area contributed by atoms with Gasteiger partial charge in [-0.2, -0.15) is 4.98 Å². The van der Waals surface area contributed by atoms with Gasteiger partial charge in [0.1, 0.15) is 0 Å². The van der Waals surface area contributed by atoms with Crippen LogP contribution in [0.4, 0.5) is 0 Å². The van der Waals surface area contributed by atoms with E-state index in [1.165, 1.54) is 4.88 Å². The third-order valence-corrected chi connectivity index (χ3v) is 4.73. The van der Waals surface area contributed by atoms with Gasteiger partial charge in [-0.25, -0.2) is 0 Å². The molecular formula is C18H30IN5OS. The lowest BCUT2D eigenvalue weighted by Crippen LogP contribution is -2.40. The van der Waals surface area contributed by atoms with E-state index in [0.29, 0.717) is 17.7 Å². The second-order valence-electron chi connectivity index (χ2n) is 6.57. The van der Waals surface area contributed by atoms with Crippen molar-refractivity contribution in [2.24, 2.45) is 10.9 Å². The maximum Gasteiger partial charge on any atom is 0.226 e. The molecule has 26 heavy (non-hydrogen) atoms. The predicted octanol–water partition coefficient (Wildman–Crippen LogP) is 3.85. The molecule has 2 N–H and O–H groups in total. The molecule has 0 spiro atoms. The Morgan fingerprint density at radius 1 is 1.31 bits per heavy atom. The first-order chi connectivity index (χ1) is 12.1. The van der Waals surface area contributed by atoms with Crippen molar-refractivity contribution in [3.05, 3.63) is 34.1 Å². The standard InChI is InChI=1S/C18H29N5OS.HI/c1-13(2)17-22-16(24-23-17)8-5-9-20-18(19-4)21-12-14(3)11-15-7-6-10-25-15;/h6-7,10,13-14H,5,8-9,11-12H2,1-4H3,(H2,19,20,21);1H. The van der Waals surface area contributed by atoms with Gasteiger partial charge >= 0.3 is 0 Å². The fourth-order valence-corrected chi connectivity index (χ4v) is 3.26. The van der Waals surface area contributed by atoms with Crippen LogP contribution in [0.25, 0.3) is 0 Å². The Labute approximate surface area is 177 Å². The Hall–Kier alpha value is -1.16. The zero-order valence-electron chi connectivity index (χ0n) is 16.0. The second-order valence-corrected chi connectivity index (χ2v) is 7.61. The summed E-state index contributed by atoms with van der Waals surface area (Å²) in [6.07, 6.45) is 2.79. The zero-order chi connectivity index (χ0) is 18.1. The first-order valence-electron chi connectivity index (χ1n) is 8.87. The van der Waals surface area contributed by atoms with Crippen LogP contribution in [0.15, 0.2) is 27.0 Å². The minimum atomic E-state index is 0. The Balaban J connectivity index is 0.00000338. The Morgan fingerprint density at radius 2 is 2.12 bits per heavy atom. The van der Waals surface area contributed by atoms with Gasteiger partial charge < -0.3 is 15.2 Å². The molecule has 146 valence electrons. The van der Waals surface area contributed by atoms with E-state index in [1.54, 1.807) is 7.05 Å². The lowest BCUT2D eigenvalue weighted by molar-refractivity contribution is 0.368. The molecule has 8 heteroatoms. The van der Waals surface area contributed by atoms with Gasteiger partial charge in [0.05, 0.1) is 0 Å². The number of hydrogen-bond donors (Lipinski definition) is 2. The van der Waals surface area contributed by atoms with Crippen LogP contribution in [-0.2, 0) is 12.8 Å². The average Bonchev–Trinajstić information content (AvgIpc) is 3.26. The van der Waals surface area contributed by atoms with E-state index in [9.17, 15) is 0 Å². The number of halogens is 1. The van der Waals surface area contributed by atoms with Crippen molar-refractivity contribution in [1.82, 2.24) is 20.8 Å². The number of thiophene rings is 1. The van der Waals surface area contributed by atoms with Crippen molar-refractivity contribution < 1.29 is 4.52 Å². The predicted molar refractivity (Wildman–Crippen MR) is 119 cm³/mol. The molecule has 2 aromatic heterocycles. The molecule has 1 unspecified atom stereocenters. The van der Waals surface area contributed by atoms with Crippen LogP contribution in [0.1, 0.15) is 49.7 Å². The maximum absolute atomic E-state index is 5.25. The number of hydrogen-bond acceptors (Lipinski definition) is 5. The van der Waals surface area contributed by atoms with Crippen LogP contribution in [0, 0.1) is 5.92 Å². The molecule has 0 fully saturated rings. The molecule has 2 aromatic rings. The van der Waals surface area contributed by atoms with Crippen LogP contribution in [0.3, 0.4) is 0 Å². The zero-order valence-corrected chi connectivity index (χ0v) is 19.1. The highest BCUT2D eigenvalue weighted by molar-refractivity contribution is 14.0. The van der Waals surface area contributed by atoms with Crippen molar-refractivity contribution in [2.45, 2.75) is 46.0 Å². The molecule has 0 saturated heterocycles. The van der Waals surface area contributed by atoms with Gasteiger partial charge in [0.15, 0.2) is 11.8 Å². The van der Waals surface area contributed by atoms with Crippen LogP contribution >= 0.6 is 35.3 Å². The molecule has 0 bridgehead atoms. The molecule has 0 amide bonds. The molecular weight excluding hydrogens is 461 g/mol. The third-order valence-electron chi connectivity index (χ3n) is 3.83. The summed E-state index contributed by atoms with van der Waals surface area (Å²) in [5.41, 5.74) is 0. The maximum atomic E-state index is 5.25. The van der Waals surface area contributed by atoms with Gasteiger partial charge in [0.25, 0.3) is 0 Å². The number of aromatic nitrogens is 2. The third kappa shape index (κ3) is 8.03. The molecule has 2 heterocycles. The number of nitrogens with zero attached hydrogens (tertiary/aromatic N) is 3. The number of guanidine groups is 1. The smallest absolute Gasteiger partial charge is 0.226 e. The van der Waals surface area contributed by atoms with E-state index < -0.39 is 0 Å². The summed E-state index contributed by atoms with van der Waals surface area (Å²) in [6, 6.07) is 4.30. The molecule has 1 atom stereocenters. The van der Waals surface area contributed by atoms with Crippen molar-refractivity contribution >= 4 is 41.3 Å². The lowest BCUT2D eigenvalue weighted by Gasteiger charge is -2.15. The summed E-state index contributed by atoms with van der Waals surface area (Å²) in [6.45, 7) is 8.09. The van der Waals surface area contributed by atoms with Crippen molar-refractivity contribution in [3.63, 3.8) is 0 Å². The largest absolute Gasteiger partial charge is 0.356 e. The second kappa shape index (κ2) is 12.3. The lowest BCUT2D eigenvalue weighted by atomic mass is 10.1. The molecule has 0 radical (unpaired) electrons. The average molecular weight is 491 g/mol. The van der Waals surface area contributed by atoms with Crippen LogP contribution in [0.2, 0.25) is 0 Å². The summed E-state index contributed by atoms with van der Waals surface area (Å²) < 4.78 is 5.25. The van der Waals surface area contributed by atoms with Gasteiger partial charge in [-0.1, -0.05) is 32.0 Å². The molecule has 0 aromatic carbocycles. The summed E-state index contributed by atoms with van der Waals surface area (Å²) >= 11 is 1.82. The minimum Gasteiger partial charge on any atom is -0.356 e. The minimum absolute atomic E-state index is 0. The first kappa shape index (κ1) is 22.9. The monoisotopic (exact) mass is 491 g/mol. The number of rotatable bonds is 9. The fourth-order valence-electron chi connectivity index (χ4n) is 2.39.